The maximum absolute atomic E-state index is 3.68. The molecule has 1 aliphatic heterocycles. The zero-order valence-corrected chi connectivity index (χ0v) is 13.0. The Labute approximate surface area is 119 Å². The Hall–Kier alpha value is -0.540. The smallest absolute Gasteiger partial charge is 0.0510 e. The van der Waals surface area contributed by atoms with Crippen LogP contribution in [0, 0.1) is 12.8 Å². The number of nitrogens with zero attached hydrogens (tertiary/aromatic N) is 1. The van der Waals surface area contributed by atoms with E-state index in [-0.39, 0.29) is 0 Å². The maximum Gasteiger partial charge on any atom is 0.0510 e. The van der Waals surface area contributed by atoms with Crippen molar-refractivity contribution in [2.45, 2.75) is 26.7 Å². The molecule has 1 aliphatic rings. The highest BCUT2D eigenvalue weighted by molar-refractivity contribution is 9.10. The molecule has 0 saturated carbocycles. The number of nitrogens with one attached hydrogen (secondary N) is 1. The van der Waals surface area contributed by atoms with Crippen LogP contribution in [0.25, 0.3) is 0 Å². The Morgan fingerprint density at radius 1 is 1.44 bits per heavy atom. The van der Waals surface area contributed by atoms with Crippen LogP contribution >= 0.6 is 15.9 Å². The number of benzene rings is 1. The minimum Gasteiger partial charge on any atom is -0.370 e. The summed E-state index contributed by atoms with van der Waals surface area (Å²) in [5.41, 5.74) is 2.66. The van der Waals surface area contributed by atoms with E-state index in [1.807, 2.05) is 0 Å². The average Bonchev–Trinajstić information content (AvgIpc) is 2.78. The van der Waals surface area contributed by atoms with E-state index in [0.717, 1.165) is 19.0 Å². The van der Waals surface area contributed by atoms with Crippen molar-refractivity contribution in [3.63, 3.8) is 0 Å². The summed E-state index contributed by atoms with van der Waals surface area (Å²) >= 11 is 3.68. The predicted octanol–water partition coefficient (Wildman–Crippen LogP) is 3.58. The van der Waals surface area contributed by atoms with E-state index in [0.29, 0.717) is 0 Å². The van der Waals surface area contributed by atoms with Crippen molar-refractivity contribution in [2.24, 2.45) is 5.92 Å². The molecule has 1 aromatic carbocycles. The largest absolute Gasteiger partial charge is 0.370 e. The Morgan fingerprint density at radius 3 is 3.00 bits per heavy atom. The van der Waals surface area contributed by atoms with Crippen LogP contribution < -0.4 is 10.2 Å². The molecule has 1 aromatic rings. The van der Waals surface area contributed by atoms with Crippen LogP contribution in [0.1, 0.15) is 25.3 Å². The van der Waals surface area contributed by atoms with E-state index in [1.165, 1.54) is 41.7 Å². The van der Waals surface area contributed by atoms with Gasteiger partial charge in [0.25, 0.3) is 0 Å². The molecule has 1 fully saturated rings. The van der Waals surface area contributed by atoms with Crippen molar-refractivity contribution in [3.05, 3.63) is 28.2 Å². The molecule has 0 amide bonds. The van der Waals surface area contributed by atoms with Gasteiger partial charge >= 0.3 is 0 Å². The number of rotatable bonds is 5. The molecule has 1 N–H and O–H groups in total. The fourth-order valence-corrected chi connectivity index (χ4v) is 3.31. The van der Waals surface area contributed by atoms with Gasteiger partial charge in [0.05, 0.1) is 5.69 Å². The van der Waals surface area contributed by atoms with Crippen LogP contribution in [0.3, 0.4) is 0 Å². The Balaban J connectivity index is 1.91. The quantitative estimate of drug-likeness (QED) is 0.836. The van der Waals surface area contributed by atoms with Gasteiger partial charge in [-0.05, 0) is 72.4 Å². The molecule has 1 heterocycles. The molecule has 100 valence electrons. The van der Waals surface area contributed by atoms with Gasteiger partial charge in [0.1, 0.15) is 0 Å². The standard InChI is InChI=1S/C15H23BrN2/c1-3-7-17-10-13-6-8-18(11-13)15-5-4-12(2)9-14(15)16/h4-5,9,13,17H,3,6-8,10-11H2,1-2H3. The Bertz CT molecular complexity index is 392. The normalized spacial score (nSPS) is 19.5. The van der Waals surface area contributed by atoms with E-state index in [1.54, 1.807) is 0 Å². The van der Waals surface area contributed by atoms with Crippen LogP contribution in [0.2, 0.25) is 0 Å². The molecule has 2 rings (SSSR count). The predicted molar refractivity (Wildman–Crippen MR) is 82.4 cm³/mol. The average molecular weight is 311 g/mol. The molecule has 1 unspecified atom stereocenters. The molecule has 2 nitrogen and oxygen atoms in total. The van der Waals surface area contributed by atoms with Crippen molar-refractivity contribution < 1.29 is 0 Å². The first kappa shape index (κ1) is 13.9. The van der Waals surface area contributed by atoms with Gasteiger partial charge < -0.3 is 10.2 Å². The van der Waals surface area contributed by atoms with Crippen LogP contribution in [-0.2, 0) is 0 Å². The van der Waals surface area contributed by atoms with Gasteiger partial charge in [-0.15, -0.1) is 0 Å². The molecule has 0 radical (unpaired) electrons. The van der Waals surface area contributed by atoms with Crippen molar-refractivity contribution in [2.75, 3.05) is 31.1 Å². The van der Waals surface area contributed by atoms with E-state index >= 15 is 0 Å². The van der Waals surface area contributed by atoms with E-state index in [2.05, 4.69) is 58.2 Å². The summed E-state index contributed by atoms with van der Waals surface area (Å²) in [6.45, 7) is 9.02. The minimum absolute atomic E-state index is 0.796. The third-order valence-corrected chi connectivity index (χ3v) is 4.22. The zero-order chi connectivity index (χ0) is 13.0. The van der Waals surface area contributed by atoms with Gasteiger partial charge in [-0.1, -0.05) is 13.0 Å². The monoisotopic (exact) mass is 310 g/mol. The maximum atomic E-state index is 3.68. The highest BCUT2D eigenvalue weighted by Crippen LogP contribution is 2.31. The lowest BCUT2D eigenvalue weighted by Crippen LogP contribution is -2.27. The lowest BCUT2D eigenvalue weighted by atomic mass is 10.1. The number of halogens is 1. The first-order valence-electron chi connectivity index (χ1n) is 6.92. The summed E-state index contributed by atoms with van der Waals surface area (Å²) in [6.07, 6.45) is 2.52. The van der Waals surface area contributed by atoms with Gasteiger partial charge in [-0.3, -0.25) is 0 Å². The summed E-state index contributed by atoms with van der Waals surface area (Å²) in [5.74, 6) is 0.796. The molecular formula is C15H23BrN2. The van der Waals surface area contributed by atoms with E-state index in [4.69, 9.17) is 0 Å². The number of hydrogen-bond donors (Lipinski definition) is 1. The van der Waals surface area contributed by atoms with Crippen molar-refractivity contribution in [3.8, 4) is 0 Å². The summed E-state index contributed by atoms with van der Waals surface area (Å²) in [7, 11) is 0. The Morgan fingerprint density at radius 2 is 2.28 bits per heavy atom. The topological polar surface area (TPSA) is 15.3 Å². The molecule has 3 heteroatoms. The lowest BCUT2D eigenvalue weighted by Gasteiger charge is -2.20. The van der Waals surface area contributed by atoms with Crippen molar-refractivity contribution in [1.29, 1.82) is 0 Å². The number of anilines is 1. The SMILES string of the molecule is CCCNCC1CCN(c2ccc(C)cc2Br)C1. The van der Waals surface area contributed by atoms with Crippen LogP contribution in [0.4, 0.5) is 5.69 Å². The highest BCUT2D eigenvalue weighted by Gasteiger charge is 2.23. The summed E-state index contributed by atoms with van der Waals surface area (Å²) in [6, 6.07) is 6.64. The first-order chi connectivity index (χ1) is 8.70. The second-order valence-corrected chi connectivity index (χ2v) is 6.11. The summed E-state index contributed by atoms with van der Waals surface area (Å²) < 4.78 is 1.23. The van der Waals surface area contributed by atoms with Gasteiger partial charge in [0, 0.05) is 17.6 Å². The fraction of sp³-hybridized carbons (Fsp3) is 0.600. The summed E-state index contributed by atoms with van der Waals surface area (Å²) in [5, 5.41) is 3.53. The third-order valence-electron chi connectivity index (χ3n) is 3.59. The minimum atomic E-state index is 0.796. The van der Waals surface area contributed by atoms with E-state index in [9.17, 15) is 0 Å². The van der Waals surface area contributed by atoms with Gasteiger partial charge in [-0.2, -0.15) is 0 Å². The van der Waals surface area contributed by atoms with Gasteiger partial charge in [0.2, 0.25) is 0 Å². The van der Waals surface area contributed by atoms with Crippen LogP contribution in [-0.4, -0.2) is 26.2 Å². The van der Waals surface area contributed by atoms with Crippen molar-refractivity contribution in [1.82, 2.24) is 5.32 Å². The molecule has 0 bridgehead atoms. The molecule has 0 spiro atoms. The van der Waals surface area contributed by atoms with Gasteiger partial charge in [-0.25, -0.2) is 0 Å². The number of hydrogen-bond acceptors (Lipinski definition) is 2. The molecule has 1 saturated heterocycles. The zero-order valence-electron chi connectivity index (χ0n) is 11.4. The molecule has 0 aliphatic carbocycles. The lowest BCUT2D eigenvalue weighted by molar-refractivity contribution is 0.516. The fourth-order valence-electron chi connectivity index (χ4n) is 2.57. The van der Waals surface area contributed by atoms with E-state index < -0.39 is 0 Å². The molecule has 18 heavy (non-hydrogen) atoms. The van der Waals surface area contributed by atoms with Crippen LogP contribution in [0.5, 0.6) is 0 Å². The third kappa shape index (κ3) is 3.48. The first-order valence-corrected chi connectivity index (χ1v) is 7.72. The molecule has 0 aromatic heterocycles. The summed E-state index contributed by atoms with van der Waals surface area (Å²) in [4.78, 5) is 2.50. The van der Waals surface area contributed by atoms with Crippen molar-refractivity contribution >= 4 is 21.6 Å². The van der Waals surface area contributed by atoms with Crippen LogP contribution in [0.15, 0.2) is 22.7 Å². The highest BCUT2D eigenvalue weighted by atomic mass is 79.9. The van der Waals surface area contributed by atoms with Gasteiger partial charge in [0.15, 0.2) is 0 Å². The Kier molecular flexibility index (Phi) is 5.07. The number of aryl methyl sites for hydroxylation is 1. The molecular weight excluding hydrogens is 288 g/mol. The molecule has 1 atom stereocenters. The second-order valence-electron chi connectivity index (χ2n) is 5.26. The second kappa shape index (κ2) is 6.58.